The molecule has 1 saturated carbocycles. The average molecular weight is 297 g/mol. The number of carbonyl (C=O) groups is 1. The molecule has 0 radical (unpaired) electrons. The predicted molar refractivity (Wildman–Crippen MR) is 77.4 cm³/mol. The summed E-state index contributed by atoms with van der Waals surface area (Å²) in [4.78, 5) is 11.5. The fraction of sp³-hybridized carbons (Fsp3) is 0.562. The van der Waals surface area contributed by atoms with E-state index < -0.39 is 17.6 Å². The van der Waals surface area contributed by atoms with Crippen LogP contribution in [0.3, 0.4) is 0 Å². The maximum atomic E-state index is 13.9. The number of carbonyl (C=O) groups excluding carboxylic acids is 1. The molecule has 2 rings (SSSR count). The molecule has 3 nitrogen and oxygen atoms in total. The Hall–Kier alpha value is -1.65. The Kier molecular flexibility index (Phi) is 5.15. The standard InChI is InChI=1S/C16H21F2NO2/c1-10(11-6-4-3-5-7-11)19-15-8-12(16(20)21-2)13(17)9-14(15)18/h8-11,19H,3-7H2,1-2H3. The minimum Gasteiger partial charge on any atom is -0.465 e. The molecule has 1 N–H and O–H groups in total. The first-order valence-electron chi connectivity index (χ1n) is 7.37. The highest BCUT2D eigenvalue weighted by Gasteiger charge is 2.22. The summed E-state index contributed by atoms with van der Waals surface area (Å²) in [6.07, 6.45) is 5.86. The van der Waals surface area contributed by atoms with Crippen LogP contribution in [0.5, 0.6) is 0 Å². The summed E-state index contributed by atoms with van der Waals surface area (Å²) < 4.78 is 32.0. The van der Waals surface area contributed by atoms with Crippen molar-refractivity contribution in [1.29, 1.82) is 0 Å². The molecule has 0 bridgehead atoms. The van der Waals surface area contributed by atoms with Gasteiger partial charge in [0.1, 0.15) is 11.6 Å². The van der Waals surface area contributed by atoms with Gasteiger partial charge in [0, 0.05) is 12.1 Å². The summed E-state index contributed by atoms with van der Waals surface area (Å²) in [5, 5.41) is 3.08. The third-order valence-corrected chi connectivity index (χ3v) is 4.20. The van der Waals surface area contributed by atoms with Gasteiger partial charge in [-0.2, -0.15) is 0 Å². The van der Waals surface area contributed by atoms with Gasteiger partial charge in [-0.1, -0.05) is 19.3 Å². The molecule has 1 aliphatic rings. The molecule has 1 fully saturated rings. The molecule has 0 aliphatic heterocycles. The van der Waals surface area contributed by atoms with Crippen molar-refractivity contribution in [3.63, 3.8) is 0 Å². The number of hydrogen-bond acceptors (Lipinski definition) is 3. The number of anilines is 1. The molecule has 1 unspecified atom stereocenters. The number of rotatable bonds is 4. The van der Waals surface area contributed by atoms with E-state index in [4.69, 9.17) is 0 Å². The lowest BCUT2D eigenvalue weighted by molar-refractivity contribution is 0.0595. The Morgan fingerprint density at radius 3 is 2.52 bits per heavy atom. The molecule has 0 aromatic heterocycles. The van der Waals surface area contributed by atoms with E-state index in [1.807, 2.05) is 6.92 Å². The molecule has 21 heavy (non-hydrogen) atoms. The molecule has 1 aromatic carbocycles. The Morgan fingerprint density at radius 1 is 1.24 bits per heavy atom. The Labute approximate surface area is 123 Å². The number of benzene rings is 1. The lowest BCUT2D eigenvalue weighted by atomic mass is 9.84. The highest BCUT2D eigenvalue weighted by molar-refractivity contribution is 5.90. The van der Waals surface area contributed by atoms with Crippen molar-refractivity contribution < 1.29 is 18.3 Å². The molecule has 0 saturated heterocycles. The minimum atomic E-state index is -0.907. The number of hydrogen-bond donors (Lipinski definition) is 1. The smallest absolute Gasteiger partial charge is 0.340 e. The summed E-state index contributed by atoms with van der Waals surface area (Å²) in [6.45, 7) is 2.00. The number of nitrogens with one attached hydrogen (secondary N) is 1. The van der Waals surface area contributed by atoms with Crippen LogP contribution in [0.4, 0.5) is 14.5 Å². The molecule has 1 aromatic rings. The maximum absolute atomic E-state index is 13.9. The van der Waals surface area contributed by atoms with Crippen LogP contribution in [0, 0.1) is 17.6 Å². The zero-order valence-corrected chi connectivity index (χ0v) is 12.4. The van der Waals surface area contributed by atoms with Crippen LogP contribution in [-0.2, 0) is 4.74 Å². The van der Waals surface area contributed by atoms with Gasteiger partial charge in [0.15, 0.2) is 0 Å². The van der Waals surface area contributed by atoms with Crippen molar-refractivity contribution in [2.45, 2.75) is 45.1 Å². The second-order valence-electron chi connectivity index (χ2n) is 5.63. The van der Waals surface area contributed by atoms with Gasteiger partial charge in [0.25, 0.3) is 0 Å². The number of ether oxygens (including phenoxy) is 1. The number of halogens is 2. The van der Waals surface area contributed by atoms with E-state index >= 15 is 0 Å². The molecule has 5 heteroatoms. The van der Waals surface area contributed by atoms with Crippen molar-refractivity contribution in [2.75, 3.05) is 12.4 Å². The lowest BCUT2D eigenvalue weighted by Gasteiger charge is -2.29. The third kappa shape index (κ3) is 3.71. The normalized spacial score (nSPS) is 17.3. The minimum absolute atomic E-state index is 0.0794. The molecule has 1 atom stereocenters. The first-order chi connectivity index (χ1) is 10.0. The molecular weight excluding hydrogens is 276 g/mol. The van der Waals surface area contributed by atoms with Crippen LogP contribution in [0.25, 0.3) is 0 Å². The van der Waals surface area contributed by atoms with Crippen LogP contribution in [0.15, 0.2) is 12.1 Å². The highest BCUT2D eigenvalue weighted by atomic mass is 19.1. The summed E-state index contributed by atoms with van der Waals surface area (Å²) in [5.41, 5.74) is -0.105. The van der Waals surface area contributed by atoms with Crippen molar-refractivity contribution >= 4 is 11.7 Å². The highest BCUT2D eigenvalue weighted by Crippen LogP contribution is 2.29. The first-order valence-corrected chi connectivity index (χ1v) is 7.37. The summed E-state index contributed by atoms with van der Waals surface area (Å²) >= 11 is 0. The van der Waals surface area contributed by atoms with Gasteiger partial charge in [-0.3, -0.25) is 0 Å². The predicted octanol–water partition coefficient (Wildman–Crippen LogP) is 4.13. The van der Waals surface area contributed by atoms with Gasteiger partial charge in [0.05, 0.1) is 18.4 Å². The summed E-state index contributed by atoms with van der Waals surface area (Å²) in [5.74, 6) is -1.93. The molecule has 116 valence electrons. The molecule has 0 amide bonds. The van der Waals surface area contributed by atoms with E-state index in [2.05, 4.69) is 10.1 Å². The molecule has 0 spiro atoms. The van der Waals surface area contributed by atoms with Crippen molar-refractivity contribution in [1.82, 2.24) is 0 Å². The Balaban J connectivity index is 2.16. The van der Waals surface area contributed by atoms with Crippen molar-refractivity contribution in [3.8, 4) is 0 Å². The maximum Gasteiger partial charge on any atom is 0.340 e. The van der Waals surface area contributed by atoms with Crippen LogP contribution < -0.4 is 5.32 Å². The van der Waals surface area contributed by atoms with Crippen LogP contribution in [0.1, 0.15) is 49.4 Å². The van der Waals surface area contributed by atoms with Gasteiger partial charge in [-0.05, 0) is 31.7 Å². The van der Waals surface area contributed by atoms with E-state index in [1.165, 1.54) is 32.4 Å². The van der Waals surface area contributed by atoms with Crippen LogP contribution in [0.2, 0.25) is 0 Å². The zero-order chi connectivity index (χ0) is 15.4. The number of methoxy groups -OCH3 is 1. The molecular formula is C16H21F2NO2. The molecule has 0 heterocycles. The molecule has 1 aliphatic carbocycles. The van der Waals surface area contributed by atoms with Gasteiger partial charge in [0.2, 0.25) is 0 Å². The SMILES string of the molecule is COC(=O)c1cc(NC(C)C2CCCCC2)c(F)cc1F. The quantitative estimate of drug-likeness (QED) is 0.849. The van der Waals surface area contributed by atoms with Gasteiger partial charge >= 0.3 is 5.97 Å². The third-order valence-electron chi connectivity index (χ3n) is 4.20. The van der Waals surface area contributed by atoms with Crippen LogP contribution in [-0.4, -0.2) is 19.1 Å². The lowest BCUT2D eigenvalue weighted by Crippen LogP contribution is -2.28. The topological polar surface area (TPSA) is 38.3 Å². The largest absolute Gasteiger partial charge is 0.465 e. The number of esters is 1. The Bertz CT molecular complexity index is 513. The van der Waals surface area contributed by atoms with Crippen molar-refractivity contribution in [2.24, 2.45) is 5.92 Å². The van der Waals surface area contributed by atoms with Crippen molar-refractivity contribution in [3.05, 3.63) is 29.3 Å². The fourth-order valence-corrected chi connectivity index (χ4v) is 2.92. The average Bonchev–Trinajstić information content (AvgIpc) is 2.50. The van der Waals surface area contributed by atoms with Gasteiger partial charge in [-0.15, -0.1) is 0 Å². The van der Waals surface area contributed by atoms with Gasteiger partial charge in [-0.25, -0.2) is 13.6 Å². The fourth-order valence-electron chi connectivity index (χ4n) is 2.92. The summed E-state index contributed by atoms with van der Waals surface area (Å²) in [7, 11) is 1.17. The first kappa shape index (κ1) is 15.7. The monoisotopic (exact) mass is 297 g/mol. The van der Waals surface area contributed by atoms with E-state index in [0.717, 1.165) is 18.9 Å². The second kappa shape index (κ2) is 6.87. The van der Waals surface area contributed by atoms with E-state index in [9.17, 15) is 13.6 Å². The van der Waals surface area contributed by atoms with E-state index in [1.54, 1.807) is 0 Å². The summed E-state index contributed by atoms with van der Waals surface area (Å²) in [6, 6.07) is 1.99. The van der Waals surface area contributed by atoms with Gasteiger partial charge < -0.3 is 10.1 Å². The zero-order valence-electron chi connectivity index (χ0n) is 12.4. The second-order valence-corrected chi connectivity index (χ2v) is 5.63. The van der Waals surface area contributed by atoms with E-state index in [0.29, 0.717) is 5.92 Å². The Morgan fingerprint density at radius 2 is 1.90 bits per heavy atom. The van der Waals surface area contributed by atoms with E-state index in [-0.39, 0.29) is 17.3 Å². The van der Waals surface area contributed by atoms with Crippen LogP contribution >= 0.6 is 0 Å².